The second kappa shape index (κ2) is 8.84. The summed E-state index contributed by atoms with van der Waals surface area (Å²) in [6.07, 6.45) is 0. The highest BCUT2D eigenvalue weighted by molar-refractivity contribution is 7.46. The maximum Gasteiger partial charge on any atom is 0.469 e. The lowest BCUT2D eigenvalue weighted by Gasteiger charge is -2.31. The number of carbonyl (C=O) groups is 3. The van der Waals surface area contributed by atoms with Crippen LogP contribution in [0, 0.1) is 5.41 Å². The molecule has 0 radical (unpaired) electrons. The zero-order valence-electron chi connectivity index (χ0n) is 12.4. The molecule has 10 nitrogen and oxygen atoms in total. The van der Waals surface area contributed by atoms with Crippen LogP contribution >= 0.6 is 7.82 Å². The molecule has 0 aliphatic rings. The van der Waals surface area contributed by atoms with Gasteiger partial charge in [0.2, 0.25) is 0 Å². The molecule has 0 amide bonds. The summed E-state index contributed by atoms with van der Waals surface area (Å²) >= 11 is 0. The van der Waals surface area contributed by atoms with Crippen LogP contribution in [0.1, 0.15) is 20.8 Å². The van der Waals surface area contributed by atoms with E-state index in [2.05, 4.69) is 4.52 Å². The van der Waals surface area contributed by atoms with E-state index < -0.39 is 57.6 Å². The lowest BCUT2D eigenvalue weighted by Crippen LogP contribution is -2.42. The van der Waals surface area contributed by atoms with Crippen LogP contribution in [-0.2, 0) is 37.7 Å². The Morgan fingerprint density at radius 3 is 1.36 bits per heavy atom. The van der Waals surface area contributed by atoms with Gasteiger partial charge in [0, 0.05) is 20.8 Å². The van der Waals surface area contributed by atoms with Gasteiger partial charge in [-0.05, 0) is 0 Å². The fourth-order valence-corrected chi connectivity index (χ4v) is 1.68. The van der Waals surface area contributed by atoms with E-state index >= 15 is 0 Å². The molecule has 22 heavy (non-hydrogen) atoms. The Morgan fingerprint density at radius 1 is 0.818 bits per heavy atom. The van der Waals surface area contributed by atoms with Gasteiger partial charge in [-0.1, -0.05) is 0 Å². The average Bonchev–Trinajstić information content (AvgIpc) is 2.35. The first-order chi connectivity index (χ1) is 9.96. The molecule has 0 unspecified atom stereocenters. The topological polar surface area (TPSA) is 146 Å². The summed E-state index contributed by atoms with van der Waals surface area (Å²) in [7, 11) is -4.83. The van der Waals surface area contributed by atoms with E-state index in [1.165, 1.54) is 0 Å². The third kappa shape index (κ3) is 10.3. The number of phosphoric acid groups is 1. The van der Waals surface area contributed by atoms with Gasteiger partial charge in [0.25, 0.3) is 0 Å². The number of phosphoric ester groups is 1. The van der Waals surface area contributed by atoms with Gasteiger partial charge in [-0.3, -0.25) is 18.9 Å². The monoisotopic (exact) mass is 342 g/mol. The van der Waals surface area contributed by atoms with Crippen molar-refractivity contribution in [3.63, 3.8) is 0 Å². The first-order valence-electron chi connectivity index (χ1n) is 6.06. The predicted molar refractivity (Wildman–Crippen MR) is 70.3 cm³/mol. The molecular weight excluding hydrogens is 323 g/mol. The second-order valence-corrected chi connectivity index (χ2v) is 5.84. The average molecular weight is 342 g/mol. The predicted octanol–water partition coefficient (Wildman–Crippen LogP) is -0.229. The van der Waals surface area contributed by atoms with Gasteiger partial charge in [-0.2, -0.15) is 0 Å². The maximum atomic E-state index is 10.9. The van der Waals surface area contributed by atoms with Crippen molar-refractivity contribution in [2.75, 3.05) is 26.4 Å². The molecule has 0 bridgehead atoms. The molecule has 0 heterocycles. The summed E-state index contributed by atoms with van der Waals surface area (Å²) in [4.78, 5) is 50.4. The fraction of sp³-hybridized carbons (Fsp3) is 0.727. The minimum absolute atomic E-state index is 0.428. The molecule has 0 aromatic heterocycles. The van der Waals surface area contributed by atoms with Crippen LogP contribution in [-0.4, -0.2) is 54.1 Å². The fourth-order valence-electron chi connectivity index (χ4n) is 1.24. The SMILES string of the molecule is CC(=O)OCC(COC(C)=O)(COC(C)=O)COP(=O)(O)O. The molecule has 0 aliphatic carbocycles. The van der Waals surface area contributed by atoms with E-state index in [0.29, 0.717) is 0 Å². The number of esters is 3. The molecule has 0 aliphatic heterocycles. The smallest absolute Gasteiger partial charge is 0.465 e. The minimum atomic E-state index is -4.83. The molecule has 0 rings (SSSR count). The number of hydrogen-bond acceptors (Lipinski definition) is 8. The highest BCUT2D eigenvalue weighted by Crippen LogP contribution is 2.38. The van der Waals surface area contributed by atoms with Crippen LogP contribution in [0.4, 0.5) is 0 Å². The molecule has 128 valence electrons. The zero-order valence-corrected chi connectivity index (χ0v) is 13.3. The van der Waals surface area contributed by atoms with Crippen LogP contribution in [0.5, 0.6) is 0 Å². The molecular formula is C11H19O10P. The van der Waals surface area contributed by atoms with Crippen molar-refractivity contribution < 1.29 is 47.5 Å². The zero-order chi connectivity index (χ0) is 17.4. The maximum absolute atomic E-state index is 10.9. The van der Waals surface area contributed by atoms with Gasteiger partial charge >= 0.3 is 25.7 Å². The normalized spacial score (nSPS) is 11.7. The van der Waals surface area contributed by atoms with Gasteiger partial charge in [0.1, 0.15) is 19.8 Å². The van der Waals surface area contributed by atoms with Crippen molar-refractivity contribution in [1.82, 2.24) is 0 Å². The third-order valence-electron chi connectivity index (χ3n) is 2.28. The number of ether oxygens (including phenoxy) is 3. The van der Waals surface area contributed by atoms with Crippen molar-refractivity contribution >= 4 is 25.7 Å². The lowest BCUT2D eigenvalue weighted by atomic mass is 9.92. The van der Waals surface area contributed by atoms with Crippen LogP contribution in [0.15, 0.2) is 0 Å². The minimum Gasteiger partial charge on any atom is -0.465 e. The Hall–Kier alpha value is -1.48. The standard InChI is InChI=1S/C11H19O10P/c1-8(12)18-4-11(5-19-9(2)13,6-20-10(3)14)7-21-22(15,16)17/h4-7H2,1-3H3,(H2,15,16,17). The van der Waals surface area contributed by atoms with E-state index in [0.717, 1.165) is 20.8 Å². The molecule has 0 aromatic carbocycles. The van der Waals surface area contributed by atoms with E-state index in [9.17, 15) is 18.9 Å². The number of hydrogen-bond donors (Lipinski definition) is 2. The Labute approximate surface area is 126 Å². The molecule has 11 heteroatoms. The summed E-state index contributed by atoms with van der Waals surface area (Å²) in [6.45, 7) is 1.41. The van der Waals surface area contributed by atoms with Crippen LogP contribution in [0.3, 0.4) is 0 Å². The molecule has 0 atom stereocenters. The number of rotatable bonds is 9. The van der Waals surface area contributed by atoms with Crippen LogP contribution in [0.2, 0.25) is 0 Å². The van der Waals surface area contributed by atoms with Crippen molar-refractivity contribution in [3.05, 3.63) is 0 Å². The molecule has 0 saturated carbocycles. The summed E-state index contributed by atoms with van der Waals surface area (Å²) in [5.41, 5.74) is -1.44. The van der Waals surface area contributed by atoms with E-state index in [4.69, 9.17) is 24.0 Å². The molecule has 2 N–H and O–H groups in total. The second-order valence-electron chi connectivity index (χ2n) is 4.60. The highest BCUT2D eigenvalue weighted by atomic mass is 31.2. The van der Waals surface area contributed by atoms with Crippen molar-refractivity contribution in [1.29, 1.82) is 0 Å². The van der Waals surface area contributed by atoms with Crippen LogP contribution in [0.25, 0.3) is 0 Å². The van der Waals surface area contributed by atoms with Gasteiger partial charge in [-0.15, -0.1) is 0 Å². The van der Waals surface area contributed by atoms with E-state index in [-0.39, 0.29) is 0 Å². The highest BCUT2D eigenvalue weighted by Gasteiger charge is 2.38. The van der Waals surface area contributed by atoms with Crippen molar-refractivity contribution in [2.45, 2.75) is 20.8 Å². The van der Waals surface area contributed by atoms with Gasteiger partial charge in [-0.25, -0.2) is 4.57 Å². The van der Waals surface area contributed by atoms with Gasteiger partial charge in [0.15, 0.2) is 0 Å². The third-order valence-corrected chi connectivity index (χ3v) is 2.75. The van der Waals surface area contributed by atoms with E-state index in [1.54, 1.807) is 0 Å². The Balaban J connectivity index is 5.15. The molecule has 0 fully saturated rings. The lowest BCUT2D eigenvalue weighted by molar-refractivity contribution is -0.161. The Morgan fingerprint density at radius 2 is 1.14 bits per heavy atom. The molecule has 0 spiro atoms. The van der Waals surface area contributed by atoms with Crippen molar-refractivity contribution in [2.24, 2.45) is 5.41 Å². The largest absolute Gasteiger partial charge is 0.469 e. The summed E-state index contributed by atoms with van der Waals surface area (Å²) in [5, 5.41) is 0. The summed E-state index contributed by atoms with van der Waals surface area (Å²) in [6, 6.07) is 0. The first kappa shape index (κ1) is 20.5. The van der Waals surface area contributed by atoms with Gasteiger partial charge in [0.05, 0.1) is 12.0 Å². The van der Waals surface area contributed by atoms with Crippen molar-refractivity contribution in [3.8, 4) is 0 Å². The molecule has 0 saturated heterocycles. The first-order valence-corrected chi connectivity index (χ1v) is 7.59. The molecule has 0 aromatic rings. The summed E-state index contributed by atoms with van der Waals surface area (Å²) < 4.78 is 29.6. The van der Waals surface area contributed by atoms with E-state index in [1.807, 2.05) is 0 Å². The van der Waals surface area contributed by atoms with Gasteiger partial charge < -0.3 is 24.0 Å². The van der Waals surface area contributed by atoms with Crippen LogP contribution < -0.4 is 0 Å². The summed E-state index contributed by atoms with van der Waals surface area (Å²) in [5.74, 6) is -2.02. The Kier molecular flexibility index (Phi) is 8.25. The number of carbonyl (C=O) groups excluding carboxylic acids is 3. The quantitative estimate of drug-likeness (QED) is 0.327. The Bertz CT molecular complexity index is 408.